The molecule has 0 N–H and O–H groups in total. The van der Waals surface area contributed by atoms with E-state index in [2.05, 4.69) is 41.5 Å². The van der Waals surface area contributed by atoms with Gasteiger partial charge in [-0.3, -0.25) is 24.0 Å². The molecule has 0 saturated heterocycles. The molecule has 0 bridgehead atoms. The first-order valence-corrected chi connectivity index (χ1v) is 23.5. The Kier molecular flexibility index (Phi) is 42.9. The van der Waals surface area contributed by atoms with Crippen molar-refractivity contribution in [2.24, 2.45) is 28.2 Å². The summed E-state index contributed by atoms with van der Waals surface area (Å²) in [5, 5.41) is 0. The van der Waals surface area contributed by atoms with Crippen molar-refractivity contribution in [3.63, 3.8) is 0 Å². The van der Waals surface area contributed by atoms with Crippen molar-refractivity contribution < 1.29 is 0 Å². The summed E-state index contributed by atoms with van der Waals surface area (Å²) in [7, 11) is 7.10. The van der Waals surface area contributed by atoms with Gasteiger partial charge in [0.25, 0.3) is 16.7 Å². The van der Waals surface area contributed by atoms with Crippen LogP contribution in [0.15, 0.2) is 122 Å². The van der Waals surface area contributed by atoms with Crippen molar-refractivity contribution >= 4 is 0 Å². The molecule has 0 atom stereocenters. The Labute approximate surface area is 389 Å². The molecule has 5 rings (SSSR count). The van der Waals surface area contributed by atoms with E-state index in [-0.39, 0.29) is 33.8 Å². The number of pyridine rings is 5. The van der Waals surface area contributed by atoms with E-state index < -0.39 is 0 Å². The molecule has 0 aliphatic rings. The maximum atomic E-state index is 11.4. The SMILES string of the molecule is CC.CC.CC.CC.CC.CC(C)c1ccc(=O)n(C)c1.CC(C)c1cccc(=O)n1C.CC(C)c1cccn(C)c1=O.CC(C)c1ccn(C)c(=O)c1.CC(C)n1ccccc1=O. The average Bonchev–Trinajstić information content (AvgIpc) is 3.29. The Morgan fingerprint density at radius 3 is 1.28 bits per heavy atom. The van der Waals surface area contributed by atoms with Crippen molar-refractivity contribution in [2.45, 2.75) is 168 Å². The number of rotatable bonds is 5. The van der Waals surface area contributed by atoms with E-state index in [1.54, 1.807) is 106 Å². The van der Waals surface area contributed by atoms with E-state index in [1.165, 1.54) is 5.56 Å². The van der Waals surface area contributed by atoms with Crippen molar-refractivity contribution in [1.82, 2.24) is 22.8 Å². The van der Waals surface area contributed by atoms with Gasteiger partial charge >= 0.3 is 0 Å². The first-order valence-electron chi connectivity index (χ1n) is 23.5. The summed E-state index contributed by atoms with van der Waals surface area (Å²) in [6, 6.07) is 21.7. The minimum absolute atomic E-state index is 0.0504. The van der Waals surface area contributed by atoms with E-state index in [9.17, 15) is 24.0 Å². The molecule has 0 aliphatic carbocycles. The standard InChI is InChI=1S/4C9H13NO.C8H11NO.5C2H6/c1-7(2)8-4-5-10(3)9(11)6-8;1-7(2)8-4-5-9(11)10(3)6-8;1-7(2)8-5-4-6-10(3)9(8)11;1-7(2)8-5-4-6-9(11)10(8)3;1-7(2)9-6-4-3-5-8(9)10;5*1-2/h4*4-7H,1-3H3;3-7H,1-2H3;5*1-2H3. The van der Waals surface area contributed by atoms with Crippen LogP contribution in [0, 0.1) is 0 Å². The van der Waals surface area contributed by atoms with Crippen LogP contribution in [0.25, 0.3) is 0 Å². The predicted octanol–water partition coefficient (Wildman–Crippen LogP) is 12.6. The molecule has 5 aromatic rings. The Morgan fingerprint density at radius 1 is 0.391 bits per heavy atom. The second-order valence-electron chi connectivity index (χ2n) is 14.7. The summed E-state index contributed by atoms with van der Waals surface area (Å²) in [6.07, 6.45) is 7.26. The van der Waals surface area contributed by atoms with Crippen LogP contribution in [-0.2, 0) is 28.2 Å². The normalized spacial score (nSPS) is 9.33. The van der Waals surface area contributed by atoms with Crippen LogP contribution in [-0.4, -0.2) is 22.8 Å². The number of hydrogen-bond acceptors (Lipinski definition) is 5. The molecule has 0 unspecified atom stereocenters. The molecule has 0 amide bonds. The molecule has 0 radical (unpaired) electrons. The second-order valence-corrected chi connectivity index (χ2v) is 14.7. The molecule has 0 spiro atoms. The summed E-state index contributed by atoms with van der Waals surface area (Å²) >= 11 is 0. The molecule has 0 aromatic carbocycles. The van der Waals surface area contributed by atoms with Gasteiger partial charge in [0.2, 0.25) is 11.1 Å². The number of aromatic nitrogens is 5. The van der Waals surface area contributed by atoms with Crippen molar-refractivity contribution in [3.8, 4) is 0 Å². The quantitative estimate of drug-likeness (QED) is 0.174. The summed E-state index contributed by atoms with van der Waals surface area (Å²) < 4.78 is 8.17. The largest absolute Gasteiger partial charge is 0.319 e. The topological polar surface area (TPSA) is 110 Å². The zero-order valence-corrected chi connectivity index (χ0v) is 44.9. The zero-order chi connectivity index (χ0) is 51.3. The van der Waals surface area contributed by atoms with Gasteiger partial charge in [-0.2, -0.15) is 0 Å². The number of nitrogens with zero attached hydrogens (tertiary/aromatic N) is 5. The molecule has 5 heterocycles. The summed E-state index contributed by atoms with van der Waals surface area (Å²) in [6.45, 7) is 40.6. The Morgan fingerprint density at radius 2 is 0.906 bits per heavy atom. The van der Waals surface area contributed by atoms with Crippen LogP contribution in [0.3, 0.4) is 0 Å². The lowest BCUT2D eigenvalue weighted by molar-refractivity contribution is 0.578. The molecular weight excluding hydrogens is 799 g/mol. The van der Waals surface area contributed by atoms with E-state index in [4.69, 9.17) is 0 Å². The maximum Gasteiger partial charge on any atom is 0.253 e. The lowest BCUT2D eigenvalue weighted by atomic mass is 10.1. The Balaban J connectivity index is -0.000000216. The van der Waals surface area contributed by atoms with Crippen LogP contribution in [0.2, 0.25) is 0 Å². The highest BCUT2D eigenvalue weighted by Gasteiger charge is 2.04. The predicted molar refractivity (Wildman–Crippen MR) is 281 cm³/mol. The van der Waals surface area contributed by atoms with Gasteiger partial charge in [0.15, 0.2) is 0 Å². The van der Waals surface area contributed by atoms with E-state index >= 15 is 0 Å². The molecular formula is C54H93N5O5. The van der Waals surface area contributed by atoms with Gasteiger partial charge in [-0.05, 0) is 72.9 Å². The molecule has 10 nitrogen and oxygen atoms in total. The van der Waals surface area contributed by atoms with Gasteiger partial charge < -0.3 is 22.8 Å². The van der Waals surface area contributed by atoms with E-state index in [0.717, 1.165) is 16.8 Å². The van der Waals surface area contributed by atoms with E-state index in [0.29, 0.717) is 23.7 Å². The third-order valence-electron chi connectivity index (χ3n) is 8.57. The van der Waals surface area contributed by atoms with Crippen LogP contribution in [0.5, 0.6) is 0 Å². The smallest absolute Gasteiger partial charge is 0.253 e. The Bertz CT molecular complexity index is 2180. The summed E-state index contributed by atoms with van der Waals surface area (Å²) in [5.74, 6) is 1.65. The maximum absolute atomic E-state index is 11.4. The monoisotopic (exact) mass is 892 g/mol. The van der Waals surface area contributed by atoms with Gasteiger partial charge in [0.05, 0.1) is 0 Å². The Hall–Kier alpha value is -5.25. The first kappa shape index (κ1) is 67.8. The average molecular weight is 892 g/mol. The lowest BCUT2D eigenvalue weighted by Crippen LogP contribution is -2.20. The summed E-state index contributed by atoms with van der Waals surface area (Å²) in [5.41, 5.74) is 4.63. The van der Waals surface area contributed by atoms with Gasteiger partial charge in [0, 0.05) is 94.5 Å². The third-order valence-corrected chi connectivity index (χ3v) is 8.57. The first-order chi connectivity index (χ1) is 30.2. The molecule has 0 saturated carbocycles. The third kappa shape index (κ3) is 27.7. The van der Waals surface area contributed by atoms with Crippen molar-refractivity contribution in [1.29, 1.82) is 0 Å². The van der Waals surface area contributed by atoms with E-state index in [1.807, 2.05) is 140 Å². The molecule has 5 aromatic heterocycles. The van der Waals surface area contributed by atoms with Gasteiger partial charge in [-0.15, -0.1) is 0 Å². The van der Waals surface area contributed by atoms with Gasteiger partial charge in [0.1, 0.15) is 0 Å². The highest BCUT2D eigenvalue weighted by atomic mass is 16.1. The molecule has 64 heavy (non-hydrogen) atoms. The van der Waals surface area contributed by atoms with Gasteiger partial charge in [-0.25, -0.2) is 0 Å². The molecule has 0 fully saturated rings. The fourth-order valence-electron chi connectivity index (χ4n) is 4.96. The fraction of sp³-hybridized carbons (Fsp3) is 0.537. The molecule has 0 aliphatic heterocycles. The molecule has 10 heteroatoms. The minimum Gasteiger partial charge on any atom is -0.319 e. The van der Waals surface area contributed by atoms with Crippen LogP contribution in [0.4, 0.5) is 0 Å². The molecule has 364 valence electrons. The second kappa shape index (κ2) is 40.5. The minimum atomic E-state index is 0.0504. The van der Waals surface area contributed by atoms with Crippen LogP contribution in [0.1, 0.15) is 191 Å². The number of aryl methyl sites for hydroxylation is 3. The van der Waals surface area contributed by atoms with Gasteiger partial charge in [-0.1, -0.05) is 149 Å². The van der Waals surface area contributed by atoms with Crippen molar-refractivity contribution in [2.75, 3.05) is 0 Å². The van der Waals surface area contributed by atoms with Crippen molar-refractivity contribution in [3.05, 3.63) is 172 Å². The van der Waals surface area contributed by atoms with Crippen LogP contribution < -0.4 is 27.8 Å². The fourth-order valence-corrected chi connectivity index (χ4v) is 4.96. The summed E-state index contributed by atoms with van der Waals surface area (Å²) in [4.78, 5) is 55.6. The number of hydrogen-bond donors (Lipinski definition) is 0. The lowest BCUT2D eigenvalue weighted by Gasteiger charge is -2.09. The zero-order valence-electron chi connectivity index (χ0n) is 44.9. The highest BCUT2D eigenvalue weighted by Crippen LogP contribution is 2.12. The highest BCUT2D eigenvalue weighted by molar-refractivity contribution is 5.16. The van der Waals surface area contributed by atoms with Crippen LogP contribution >= 0.6 is 0 Å².